The Hall–Kier alpha value is -2.43. The average Bonchev–Trinajstić information content (AvgIpc) is 2.81. The number of benzene rings is 1. The number of oxazole rings is 1. The number of hydrogen-bond acceptors (Lipinski definition) is 4. The van der Waals surface area contributed by atoms with E-state index in [2.05, 4.69) is 4.98 Å². The van der Waals surface area contributed by atoms with E-state index < -0.39 is 11.9 Å². The molecule has 5 heteroatoms. The van der Waals surface area contributed by atoms with E-state index in [9.17, 15) is 9.59 Å². The summed E-state index contributed by atoms with van der Waals surface area (Å²) in [5.41, 5.74) is 1.92. The van der Waals surface area contributed by atoms with Crippen molar-refractivity contribution in [3.8, 4) is 11.3 Å². The summed E-state index contributed by atoms with van der Waals surface area (Å²) in [6.45, 7) is 3.82. The van der Waals surface area contributed by atoms with Crippen LogP contribution in [0.25, 0.3) is 11.3 Å². The summed E-state index contributed by atoms with van der Waals surface area (Å²) >= 11 is 0. The van der Waals surface area contributed by atoms with E-state index in [0.29, 0.717) is 23.4 Å². The van der Waals surface area contributed by atoms with Crippen LogP contribution in [0.15, 0.2) is 28.7 Å². The minimum absolute atomic E-state index is 0.433. The smallest absolute Gasteiger partial charge is 0.318 e. The molecule has 1 atom stereocenters. The van der Waals surface area contributed by atoms with Crippen molar-refractivity contribution < 1.29 is 19.1 Å². The molecule has 21 heavy (non-hydrogen) atoms. The van der Waals surface area contributed by atoms with Gasteiger partial charge in [0, 0.05) is 18.9 Å². The molecule has 1 heterocycles. The number of carbonyl (C=O) groups is 2. The Kier molecular flexibility index (Phi) is 4.52. The van der Waals surface area contributed by atoms with Crippen LogP contribution in [0.3, 0.4) is 0 Å². The zero-order valence-electron chi connectivity index (χ0n) is 12.0. The van der Waals surface area contributed by atoms with E-state index in [1.165, 1.54) is 0 Å². The molecule has 0 radical (unpaired) electrons. The van der Waals surface area contributed by atoms with Crippen molar-refractivity contribution in [2.45, 2.75) is 32.6 Å². The molecule has 0 aliphatic rings. The summed E-state index contributed by atoms with van der Waals surface area (Å²) in [5.74, 6) is -0.964. The Morgan fingerprint density at radius 1 is 1.48 bits per heavy atom. The van der Waals surface area contributed by atoms with Crippen LogP contribution in [0.1, 0.15) is 36.5 Å². The molecule has 1 N–H and O–H groups in total. The summed E-state index contributed by atoms with van der Waals surface area (Å²) in [4.78, 5) is 26.4. The molecule has 5 nitrogen and oxygen atoms in total. The highest BCUT2D eigenvalue weighted by Gasteiger charge is 2.20. The highest BCUT2D eigenvalue weighted by Crippen LogP contribution is 2.27. The van der Waals surface area contributed by atoms with Gasteiger partial charge >= 0.3 is 5.97 Å². The number of carbonyl (C=O) groups excluding carboxylic acids is 1. The van der Waals surface area contributed by atoms with Gasteiger partial charge in [0.2, 0.25) is 0 Å². The quantitative estimate of drug-likeness (QED) is 0.652. The number of hydrogen-bond donors (Lipinski definition) is 1. The Labute approximate surface area is 122 Å². The minimum Gasteiger partial charge on any atom is -0.480 e. The van der Waals surface area contributed by atoms with Crippen LogP contribution in [0.2, 0.25) is 0 Å². The van der Waals surface area contributed by atoms with Gasteiger partial charge in [0.1, 0.15) is 23.7 Å². The third-order valence-corrected chi connectivity index (χ3v) is 3.20. The van der Waals surface area contributed by atoms with E-state index in [1.807, 2.05) is 13.0 Å². The van der Waals surface area contributed by atoms with Crippen molar-refractivity contribution >= 4 is 12.3 Å². The molecule has 0 bridgehead atoms. The first kappa shape index (κ1) is 15.0. The first-order valence-corrected chi connectivity index (χ1v) is 6.81. The van der Waals surface area contributed by atoms with Crippen LogP contribution in [-0.4, -0.2) is 22.3 Å². The van der Waals surface area contributed by atoms with Gasteiger partial charge in [-0.15, -0.1) is 0 Å². The largest absolute Gasteiger partial charge is 0.480 e. The van der Waals surface area contributed by atoms with Gasteiger partial charge in [0.15, 0.2) is 5.89 Å². The summed E-state index contributed by atoms with van der Waals surface area (Å²) in [5, 5.41) is 9.07. The van der Waals surface area contributed by atoms with Crippen LogP contribution < -0.4 is 0 Å². The minimum atomic E-state index is -1.16. The van der Waals surface area contributed by atoms with Gasteiger partial charge in [0.25, 0.3) is 0 Å². The van der Waals surface area contributed by atoms with Crippen molar-refractivity contribution in [3.05, 3.63) is 41.5 Å². The standard InChI is InChI=1S/C16H17NO4/c1-3-5-14-15(17-10(2)21-14)12-7-4-6-11(8-12)13(9-18)16(19)20/h4,6-9,13H,3,5H2,1-2H3,(H,19,20). The molecule has 1 aromatic heterocycles. The molecule has 110 valence electrons. The van der Waals surface area contributed by atoms with Gasteiger partial charge in [-0.3, -0.25) is 4.79 Å². The van der Waals surface area contributed by atoms with Crippen molar-refractivity contribution in [2.75, 3.05) is 0 Å². The van der Waals surface area contributed by atoms with Gasteiger partial charge in [-0.1, -0.05) is 25.1 Å². The van der Waals surface area contributed by atoms with Gasteiger partial charge in [-0.25, -0.2) is 4.98 Å². The highest BCUT2D eigenvalue weighted by molar-refractivity contribution is 5.93. The predicted octanol–water partition coefficient (Wildman–Crippen LogP) is 2.97. The summed E-state index contributed by atoms with van der Waals surface area (Å²) < 4.78 is 5.59. The van der Waals surface area contributed by atoms with Crippen LogP contribution >= 0.6 is 0 Å². The lowest BCUT2D eigenvalue weighted by Gasteiger charge is -2.07. The van der Waals surface area contributed by atoms with Crippen molar-refractivity contribution in [2.24, 2.45) is 0 Å². The normalized spacial score (nSPS) is 12.1. The number of nitrogens with zero attached hydrogens (tertiary/aromatic N) is 1. The van der Waals surface area contributed by atoms with Crippen LogP contribution in [0, 0.1) is 6.92 Å². The first-order valence-electron chi connectivity index (χ1n) is 6.81. The monoisotopic (exact) mass is 287 g/mol. The zero-order chi connectivity index (χ0) is 15.4. The van der Waals surface area contributed by atoms with E-state index in [4.69, 9.17) is 9.52 Å². The zero-order valence-corrected chi connectivity index (χ0v) is 12.0. The molecule has 2 aromatic rings. The molecular formula is C16H17NO4. The SMILES string of the molecule is CCCc1oc(C)nc1-c1cccc(C(C=O)C(=O)O)c1. The molecule has 1 unspecified atom stereocenters. The third kappa shape index (κ3) is 3.18. The third-order valence-electron chi connectivity index (χ3n) is 3.20. The fourth-order valence-corrected chi connectivity index (χ4v) is 2.25. The second kappa shape index (κ2) is 6.35. The molecule has 0 saturated carbocycles. The molecule has 0 saturated heterocycles. The molecular weight excluding hydrogens is 270 g/mol. The Morgan fingerprint density at radius 3 is 2.86 bits per heavy atom. The van der Waals surface area contributed by atoms with Gasteiger partial charge in [0.05, 0.1) is 0 Å². The Balaban J connectivity index is 2.46. The lowest BCUT2D eigenvalue weighted by molar-refractivity contribution is -0.140. The lowest BCUT2D eigenvalue weighted by atomic mass is 9.97. The molecule has 0 spiro atoms. The van der Waals surface area contributed by atoms with Crippen LogP contribution in [0.5, 0.6) is 0 Å². The average molecular weight is 287 g/mol. The molecule has 1 aromatic carbocycles. The maximum absolute atomic E-state index is 11.1. The highest BCUT2D eigenvalue weighted by atomic mass is 16.4. The van der Waals surface area contributed by atoms with Crippen molar-refractivity contribution in [1.82, 2.24) is 4.98 Å². The van der Waals surface area contributed by atoms with Gasteiger partial charge in [-0.2, -0.15) is 0 Å². The number of carboxylic acids is 1. The van der Waals surface area contributed by atoms with E-state index in [0.717, 1.165) is 24.2 Å². The van der Waals surface area contributed by atoms with E-state index >= 15 is 0 Å². The topological polar surface area (TPSA) is 80.4 Å². The first-order chi connectivity index (χ1) is 10.1. The van der Waals surface area contributed by atoms with E-state index in [-0.39, 0.29) is 0 Å². The van der Waals surface area contributed by atoms with Gasteiger partial charge in [-0.05, 0) is 18.1 Å². The summed E-state index contributed by atoms with van der Waals surface area (Å²) in [6.07, 6.45) is 2.12. The fraction of sp³-hybridized carbons (Fsp3) is 0.312. The van der Waals surface area contributed by atoms with Crippen molar-refractivity contribution in [1.29, 1.82) is 0 Å². The second-order valence-corrected chi connectivity index (χ2v) is 4.83. The summed E-state index contributed by atoms with van der Waals surface area (Å²) in [7, 11) is 0. The maximum Gasteiger partial charge on any atom is 0.318 e. The number of rotatable bonds is 6. The number of aromatic nitrogens is 1. The van der Waals surface area contributed by atoms with Gasteiger partial charge < -0.3 is 14.3 Å². The fourth-order valence-electron chi connectivity index (χ4n) is 2.25. The van der Waals surface area contributed by atoms with E-state index in [1.54, 1.807) is 25.1 Å². The predicted molar refractivity (Wildman–Crippen MR) is 77.1 cm³/mol. The second-order valence-electron chi connectivity index (χ2n) is 4.83. The Bertz CT molecular complexity index is 660. The van der Waals surface area contributed by atoms with Crippen molar-refractivity contribution in [3.63, 3.8) is 0 Å². The molecule has 2 rings (SSSR count). The Morgan fingerprint density at radius 2 is 2.24 bits per heavy atom. The number of carboxylic acid groups (broad SMARTS) is 1. The number of aldehydes is 1. The van der Waals surface area contributed by atoms with Crippen LogP contribution in [-0.2, 0) is 16.0 Å². The molecule has 0 aliphatic carbocycles. The maximum atomic E-state index is 11.1. The number of aryl methyl sites for hydroxylation is 2. The lowest BCUT2D eigenvalue weighted by Crippen LogP contribution is -2.12. The number of aliphatic carboxylic acids is 1. The van der Waals surface area contributed by atoms with Crippen LogP contribution in [0.4, 0.5) is 0 Å². The summed E-state index contributed by atoms with van der Waals surface area (Å²) in [6, 6.07) is 6.88. The molecule has 0 fully saturated rings. The molecule has 0 amide bonds. The molecule has 0 aliphatic heterocycles.